The van der Waals surface area contributed by atoms with E-state index in [0.717, 1.165) is 20.3 Å². The van der Waals surface area contributed by atoms with Gasteiger partial charge in [-0.15, -0.1) is 0 Å². The molecule has 1 atom stereocenters. The molecule has 8 heteroatoms. The smallest absolute Gasteiger partial charge is 0.252 e. The predicted molar refractivity (Wildman–Crippen MR) is 122 cm³/mol. The third-order valence-corrected chi connectivity index (χ3v) is 7.51. The number of nitrogens with zero attached hydrogens (tertiary/aromatic N) is 2. The van der Waals surface area contributed by atoms with Crippen LogP contribution in [0.5, 0.6) is 0 Å². The second kappa shape index (κ2) is 8.88. The van der Waals surface area contributed by atoms with E-state index in [1.54, 1.807) is 36.4 Å². The zero-order valence-corrected chi connectivity index (χ0v) is 19.0. The molecule has 170 valence electrons. The van der Waals surface area contributed by atoms with Crippen molar-refractivity contribution >= 4 is 27.5 Å². The molecule has 0 spiro atoms. The maximum atomic E-state index is 13.6. The van der Waals surface area contributed by atoms with Crippen molar-refractivity contribution in [2.24, 2.45) is 0 Å². The predicted octanol–water partition coefficient (Wildman–Crippen LogP) is 3.97. The molecule has 0 aromatic heterocycles. The standard InChI is InChI=1S/C25H23FN2O4S/c1-17-3-11-21(12-4-17)28-24(29)15-23(25(28)30)27(16-19-7-9-20(26)10-8-19)33(31,32)22-13-5-18(2)6-14-22/h3-14,23H,15-16H2,1-2H3. The molecule has 3 aromatic rings. The van der Waals surface area contributed by atoms with Crippen molar-refractivity contribution < 1.29 is 22.4 Å². The molecule has 0 saturated carbocycles. The van der Waals surface area contributed by atoms with Crippen molar-refractivity contribution in [1.82, 2.24) is 4.31 Å². The van der Waals surface area contributed by atoms with Gasteiger partial charge in [0, 0.05) is 6.54 Å². The highest BCUT2D eigenvalue weighted by atomic mass is 32.2. The lowest BCUT2D eigenvalue weighted by Gasteiger charge is -2.27. The summed E-state index contributed by atoms with van der Waals surface area (Å²) >= 11 is 0. The Hall–Kier alpha value is -3.36. The van der Waals surface area contributed by atoms with E-state index in [0.29, 0.717) is 11.3 Å². The molecule has 0 bridgehead atoms. The van der Waals surface area contributed by atoms with Crippen LogP contribution in [0, 0.1) is 19.7 Å². The van der Waals surface area contributed by atoms with Crippen molar-refractivity contribution in [2.75, 3.05) is 4.90 Å². The minimum absolute atomic E-state index is 0.0178. The van der Waals surface area contributed by atoms with E-state index >= 15 is 0 Å². The number of carbonyl (C=O) groups is 2. The minimum Gasteiger partial charge on any atom is -0.274 e. The van der Waals surface area contributed by atoms with Gasteiger partial charge in [0.15, 0.2) is 0 Å². The monoisotopic (exact) mass is 466 g/mol. The Morgan fingerprint density at radius 1 is 0.879 bits per heavy atom. The highest BCUT2D eigenvalue weighted by Gasteiger charge is 2.47. The lowest BCUT2D eigenvalue weighted by atomic mass is 10.2. The molecule has 1 aliphatic heterocycles. The van der Waals surface area contributed by atoms with Crippen LogP contribution in [0.4, 0.5) is 10.1 Å². The maximum Gasteiger partial charge on any atom is 0.252 e. The van der Waals surface area contributed by atoms with Crippen molar-refractivity contribution in [3.63, 3.8) is 0 Å². The average molecular weight is 467 g/mol. The van der Waals surface area contributed by atoms with E-state index in [-0.39, 0.29) is 17.9 Å². The van der Waals surface area contributed by atoms with Gasteiger partial charge in [0.1, 0.15) is 11.9 Å². The molecule has 0 radical (unpaired) electrons. The van der Waals surface area contributed by atoms with Crippen LogP contribution in [0.3, 0.4) is 0 Å². The fraction of sp³-hybridized carbons (Fsp3) is 0.200. The molecule has 1 fully saturated rings. The Bertz CT molecular complexity index is 1290. The summed E-state index contributed by atoms with van der Waals surface area (Å²) < 4.78 is 41.7. The van der Waals surface area contributed by atoms with E-state index in [9.17, 15) is 22.4 Å². The highest BCUT2D eigenvalue weighted by molar-refractivity contribution is 7.89. The number of imide groups is 1. The number of hydrogen-bond acceptors (Lipinski definition) is 4. The van der Waals surface area contributed by atoms with Gasteiger partial charge in [-0.3, -0.25) is 9.59 Å². The van der Waals surface area contributed by atoms with E-state index in [4.69, 9.17) is 0 Å². The molecular formula is C25H23FN2O4S. The molecule has 0 N–H and O–H groups in total. The largest absolute Gasteiger partial charge is 0.274 e. The summed E-state index contributed by atoms with van der Waals surface area (Å²) in [4.78, 5) is 27.2. The van der Waals surface area contributed by atoms with Crippen LogP contribution < -0.4 is 4.90 Å². The first-order valence-electron chi connectivity index (χ1n) is 10.4. The molecule has 1 aliphatic rings. The third kappa shape index (κ3) is 4.58. The molecule has 0 aliphatic carbocycles. The van der Waals surface area contributed by atoms with Gasteiger partial charge in [0.2, 0.25) is 15.9 Å². The Morgan fingerprint density at radius 3 is 2.00 bits per heavy atom. The number of carbonyl (C=O) groups excluding carboxylic acids is 2. The molecule has 2 amide bonds. The van der Waals surface area contributed by atoms with E-state index < -0.39 is 33.7 Å². The van der Waals surface area contributed by atoms with Crippen LogP contribution >= 0.6 is 0 Å². The molecule has 1 heterocycles. The Morgan fingerprint density at radius 2 is 1.42 bits per heavy atom. The Labute approximate surface area is 192 Å². The Balaban J connectivity index is 1.74. The first-order chi connectivity index (χ1) is 15.7. The lowest BCUT2D eigenvalue weighted by molar-refractivity contribution is -0.122. The minimum atomic E-state index is -4.14. The van der Waals surface area contributed by atoms with Crippen molar-refractivity contribution in [3.05, 3.63) is 95.3 Å². The van der Waals surface area contributed by atoms with Gasteiger partial charge in [-0.2, -0.15) is 4.31 Å². The summed E-state index contributed by atoms with van der Waals surface area (Å²) in [5, 5.41) is 0. The van der Waals surface area contributed by atoms with Gasteiger partial charge in [0.05, 0.1) is 17.0 Å². The molecule has 3 aromatic carbocycles. The molecular weight excluding hydrogens is 443 g/mol. The second-order valence-electron chi connectivity index (χ2n) is 8.11. The number of rotatable bonds is 6. The maximum absolute atomic E-state index is 13.6. The quantitative estimate of drug-likeness (QED) is 0.516. The van der Waals surface area contributed by atoms with Crippen molar-refractivity contribution in [2.45, 2.75) is 37.8 Å². The highest BCUT2D eigenvalue weighted by Crippen LogP contribution is 2.31. The lowest BCUT2D eigenvalue weighted by Crippen LogP contribution is -2.45. The van der Waals surface area contributed by atoms with E-state index in [1.165, 1.54) is 36.4 Å². The van der Waals surface area contributed by atoms with Crippen LogP contribution in [-0.2, 0) is 26.2 Å². The molecule has 1 unspecified atom stereocenters. The van der Waals surface area contributed by atoms with Gasteiger partial charge in [-0.25, -0.2) is 17.7 Å². The third-order valence-electron chi connectivity index (χ3n) is 5.64. The normalized spacial score (nSPS) is 16.6. The zero-order chi connectivity index (χ0) is 23.8. The summed E-state index contributed by atoms with van der Waals surface area (Å²) in [6.07, 6.45) is -0.279. The number of amides is 2. The summed E-state index contributed by atoms with van der Waals surface area (Å²) in [6.45, 7) is 3.55. The molecule has 33 heavy (non-hydrogen) atoms. The van der Waals surface area contributed by atoms with E-state index in [2.05, 4.69) is 0 Å². The number of benzene rings is 3. The summed E-state index contributed by atoms with van der Waals surface area (Å²) in [7, 11) is -4.14. The second-order valence-corrected chi connectivity index (χ2v) is 10.0. The SMILES string of the molecule is Cc1ccc(N2C(=O)CC(N(Cc3ccc(F)cc3)S(=O)(=O)c3ccc(C)cc3)C2=O)cc1. The summed E-state index contributed by atoms with van der Waals surface area (Å²) in [5.41, 5.74) is 2.75. The van der Waals surface area contributed by atoms with Crippen molar-refractivity contribution in [1.29, 1.82) is 0 Å². The molecule has 4 rings (SSSR count). The fourth-order valence-electron chi connectivity index (χ4n) is 3.78. The first kappa shape index (κ1) is 22.8. The molecule has 1 saturated heterocycles. The number of anilines is 1. The number of hydrogen-bond donors (Lipinski definition) is 0. The van der Waals surface area contributed by atoms with Crippen LogP contribution in [-0.4, -0.2) is 30.6 Å². The fourth-order valence-corrected chi connectivity index (χ4v) is 5.35. The topological polar surface area (TPSA) is 74.8 Å². The van der Waals surface area contributed by atoms with Crippen LogP contribution in [0.25, 0.3) is 0 Å². The number of aryl methyl sites for hydroxylation is 2. The summed E-state index contributed by atoms with van der Waals surface area (Å²) in [6, 6.07) is 17.3. The van der Waals surface area contributed by atoms with E-state index in [1.807, 2.05) is 13.8 Å². The van der Waals surface area contributed by atoms with Crippen molar-refractivity contribution in [3.8, 4) is 0 Å². The van der Waals surface area contributed by atoms with Gasteiger partial charge >= 0.3 is 0 Å². The number of halogens is 1. The van der Waals surface area contributed by atoms with Gasteiger partial charge in [-0.05, 0) is 55.8 Å². The zero-order valence-electron chi connectivity index (χ0n) is 18.2. The van der Waals surface area contributed by atoms with Crippen LogP contribution in [0.1, 0.15) is 23.1 Å². The van der Waals surface area contributed by atoms with Gasteiger partial charge in [-0.1, -0.05) is 47.5 Å². The van der Waals surface area contributed by atoms with Gasteiger partial charge < -0.3 is 0 Å². The van der Waals surface area contributed by atoms with Gasteiger partial charge in [0.25, 0.3) is 5.91 Å². The number of sulfonamides is 1. The molecule has 6 nitrogen and oxygen atoms in total. The first-order valence-corrected chi connectivity index (χ1v) is 11.9. The average Bonchev–Trinajstić information content (AvgIpc) is 3.07. The van der Waals surface area contributed by atoms with Crippen LogP contribution in [0.2, 0.25) is 0 Å². The Kier molecular flexibility index (Phi) is 6.14. The summed E-state index contributed by atoms with van der Waals surface area (Å²) in [5.74, 6) is -1.54. The van der Waals surface area contributed by atoms with Crippen LogP contribution in [0.15, 0.2) is 77.7 Å².